The summed E-state index contributed by atoms with van der Waals surface area (Å²) in [5.41, 5.74) is 7.11. The van der Waals surface area contributed by atoms with Crippen molar-refractivity contribution in [3.8, 4) is 22.6 Å². The maximum absolute atomic E-state index is 14.8. The van der Waals surface area contributed by atoms with Gasteiger partial charge < -0.3 is 19.5 Å². The third-order valence-electron chi connectivity index (χ3n) is 6.81. The molecule has 1 aliphatic rings. The van der Waals surface area contributed by atoms with E-state index in [4.69, 9.17) is 9.47 Å². The predicted molar refractivity (Wildman–Crippen MR) is 155 cm³/mol. The van der Waals surface area contributed by atoms with Gasteiger partial charge in [0.15, 0.2) is 0 Å². The van der Waals surface area contributed by atoms with Gasteiger partial charge in [-0.1, -0.05) is 12.1 Å². The molecule has 3 aromatic carbocycles. The average Bonchev–Trinajstić information content (AvgIpc) is 2.89. The number of fused-ring (bicyclic) bond motifs is 1. The van der Waals surface area contributed by atoms with E-state index in [0.717, 1.165) is 33.4 Å². The summed E-state index contributed by atoms with van der Waals surface area (Å²) in [5, 5.41) is 3.41. The van der Waals surface area contributed by atoms with Crippen molar-refractivity contribution < 1.29 is 31.8 Å². The van der Waals surface area contributed by atoms with E-state index in [1.807, 2.05) is 32.9 Å². The van der Waals surface area contributed by atoms with Crippen LogP contribution >= 0.6 is 0 Å². The summed E-state index contributed by atoms with van der Waals surface area (Å²) in [7, 11) is -1.75. The Kier molecular flexibility index (Phi) is 8.83. The maximum atomic E-state index is 14.8. The van der Waals surface area contributed by atoms with Gasteiger partial charge in [-0.15, -0.1) is 0 Å². The molecule has 0 fully saturated rings. The molecule has 0 spiro atoms. The fourth-order valence-electron chi connectivity index (χ4n) is 4.87. The molecule has 3 aromatic rings. The highest BCUT2D eigenvalue weighted by atomic mass is 32.2. The number of benzene rings is 3. The molecule has 1 atom stereocenters. The molecule has 0 saturated heterocycles. The van der Waals surface area contributed by atoms with Gasteiger partial charge in [0, 0.05) is 24.0 Å². The molecule has 0 saturated carbocycles. The van der Waals surface area contributed by atoms with Crippen molar-refractivity contribution in [3.63, 3.8) is 0 Å². The summed E-state index contributed by atoms with van der Waals surface area (Å²) in [6.45, 7) is 6.77. The van der Waals surface area contributed by atoms with Crippen LogP contribution < -0.4 is 14.8 Å². The van der Waals surface area contributed by atoms with Gasteiger partial charge >= 0.3 is 5.97 Å². The van der Waals surface area contributed by atoms with Crippen molar-refractivity contribution in [3.05, 3.63) is 82.2 Å². The van der Waals surface area contributed by atoms with Gasteiger partial charge in [0.1, 0.15) is 33.8 Å². The molecule has 1 heterocycles. The minimum absolute atomic E-state index is 0.0961. The number of hydrogen-bond acceptors (Lipinski definition) is 7. The maximum Gasteiger partial charge on any atom is 0.330 e. The van der Waals surface area contributed by atoms with Crippen LogP contribution in [0.25, 0.3) is 17.2 Å². The lowest BCUT2D eigenvalue weighted by Gasteiger charge is -2.29. The number of carbonyl (C=O) groups is 1. The van der Waals surface area contributed by atoms with Crippen molar-refractivity contribution in [1.29, 1.82) is 0 Å². The molecular weight excluding hydrogens is 533 g/mol. The number of carbonyl (C=O) groups excluding carboxylic acids is 1. The van der Waals surface area contributed by atoms with E-state index in [1.54, 1.807) is 6.07 Å². The van der Waals surface area contributed by atoms with Crippen LogP contribution in [0, 0.1) is 26.6 Å². The van der Waals surface area contributed by atoms with Crippen molar-refractivity contribution >= 4 is 27.6 Å². The van der Waals surface area contributed by atoms with Gasteiger partial charge in [-0.05, 0) is 90.9 Å². The molecule has 212 valence electrons. The molecule has 1 unspecified atom stereocenters. The Hall–Kier alpha value is -3.85. The second-order valence-electron chi connectivity index (χ2n) is 10.1. The second-order valence-corrected chi connectivity index (χ2v) is 12.3. The topological polar surface area (TPSA) is 90.9 Å². The highest BCUT2D eigenvalue weighted by Crippen LogP contribution is 2.39. The standard InChI is InChI=1S/C31H34FNO6S/c1-19-7-8-23(31-20(2)13-24(14-21(31)3)38-11-6-12-40(5,35)36)15-25(19)28-18-39-29-16-22(9-10-30(34)37-4)26(32)17-27(29)33-28/h7-10,13-17,28,33H,6,11-12,18H2,1-5H3. The first-order chi connectivity index (χ1) is 18.9. The van der Waals surface area contributed by atoms with Crippen LogP contribution in [0.5, 0.6) is 11.5 Å². The Morgan fingerprint density at radius 3 is 2.50 bits per heavy atom. The number of anilines is 1. The highest BCUT2D eigenvalue weighted by Gasteiger charge is 2.24. The van der Waals surface area contributed by atoms with Gasteiger partial charge in [-0.2, -0.15) is 0 Å². The quantitative estimate of drug-likeness (QED) is 0.194. The molecular formula is C31H34FNO6S. The van der Waals surface area contributed by atoms with Gasteiger partial charge in [0.2, 0.25) is 0 Å². The monoisotopic (exact) mass is 567 g/mol. The Morgan fingerprint density at radius 1 is 1.10 bits per heavy atom. The summed E-state index contributed by atoms with van der Waals surface area (Å²) in [6, 6.07) is 13.0. The van der Waals surface area contributed by atoms with Crippen molar-refractivity contribution in [2.45, 2.75) is 33.2 Å². The fraction of sp³-hybridized carbons (Fsp3) is 0.323. The smallest absolute Gasteiger partial charge is 0.330 e. The number of rotatable bonds is 9. The summed E-state index contributed by atoms with van der Waals surface area (Å²) in [6.07, 6.45) is 4.19. The third-order valence-corrected chi connectivity index (χ3v) is 7.84. The minimum Gasteiger partial charge on any atom is -0.494 e. The largest absolute Gasteiger partial charge is 0.494 e. The first-order valence-corrected chi connectivity index (χ1v) is 15.0. The normalized spacial score (nSPS) is 14.8. The van der Waals surface area contributed by atoms with Crippen LogP contribution in [0.2, 0.25) is 0 Å². The van der Waals surface area contributed by atoms with Crippen LogP contribution in [-0.2, 0) is 19.4 Å². The molecule has 7 nitrogen and oxygen atoms in total. The van der Waals surface area contributed by atoms with Crippen molar-refractivity contribution in [2.75, 3.05) is 37.6 Å². The van der Waals surface area contributed by atoms with E-state index < -0.39 is 21.6 Å². The van der Waals surface area contributed by atoms with Gasteiger partial charge in [-0.3, -0.25) is 0 Å². The Balaban J connectivity index is 1.55. The summed E-state index contributed by atoms with van der Waals surface area (Å²) in [4.78, 5) is 11.4. The zero-order valence-electron chi connectivity index (χ0n) is 23.3. The molecule has 0 amide bonds. The van der Waals surface area contributed by atoms with Gasteiger partial charge in [-0.25, -0.2) is 17.6 Å². The minimum atomic E-state index is -3.01. The molecule has 0 radical (unpaired) electrons. The summed E-state index contributed by atoms with van der Waals surface area (Å²) >= 11 is 0. The van der Waals surface area contributed by atoms with E-state index in [2.05, 4.69) is 28.3 Å². The number of nitrogens with one attached hydrogen (secondary N) is 1. The lowest BCUT2D eigenvalue weighted by Crippen LogP contribution is -2.25. The SMILES string of the molecule is COC(=O)C=Cc1cc2c(cc1F)NC(c1cc(-c3c(C)cc(OCCCS(C)(=O)=O)cc3C)ccc1C)CO2. The lowest BCUT2D eigenvalue weighted by atomic mass is 9.90. The number of halogens is 1. The first kappa shape index (κ1) is 29.1. The summed E-state index contributed by atoms with van der Waals surface area (Å²) in [5.74, 6) is 0.268. The zero-order chi connectivity index (χ0) is 29.0. The molecule has 0 aliphatic carbocycles. The second kappa shape index (κ2) is 12.1. The van der Waals surface area contributed by atoms with E-state index in [9.17, 15) is 17.6 Å². The van der Waals surface area contributed by atoms with E-state index in [0.29, 0.717) is 36.8 Å². The van der Waals surface area contributed by atoms with Crippen LogP contribution in [-0.4, -0.2) is 46.7 Å². The fourth-order valence-corrected chi connectivity index (χ4v) is 5.51. The Labute approximate surface area is 234 Å². The van der Waals surface area contributed by atoms with E-state index in [1.165, 1.54) is 31.6 Å². The zero-order valence-corrected chi connectivity index (χ0v) is 24.2. The molecule has 0 bridgehead atoms. The number of hydrogen-bond donors (Lipinski definition) is 1. The molecule has 0 aromatic heterocycles. The number of aryl methyl sites for hydroxylation is 3. The van der Waals surface area contributed by atoms with Gasteiger partial charge in [0.05, 0.1) is 31.2 Å². The average molecular weight is 568 g/mol. The Bertz CT molecular complexity index is 1540. The molecule has 40 heavy (non-hydrogen) atoms. The van der Waals surface area contributed by atoms with Gasteiger partial charge in [0.25, 0.3) is 0 Å². The highest BCUT2D eigenvalue weighted by molar-refractivity contribution is 7.90. The number of esters is 1. The van der Waals surface area contributed by atoms with Crippen LogP contribution in [0.1, 0.15) is 40.3 Å². The third kappa shape index (κ3) is 7.01. The van der Waals surface area contributed by atoms with Crippen LogP contribution in [0.15, 0.2) is 48.5 Å². The van der Waals surface area contributed by atoms with Crippen LogP contribution in [0.3, 0.4) is 0 Å². The predicted octanol–water partition coefficient (Wildman–Crippen LogP) is 5.96. The van der Waals surface area contributed by atoms with E-state index >= 15 is 0 Å². The molecule has 1 aliphatic heterocycles. The van der Waals surface area contributed by atoms with Crippen molar-refractivity contribution in [2.24, 2.45) is 0 Å². The van der Waals surface area contributed by atoms with E-state index in [-0.39, 0.29) is 17.4 Å². The number of methoxy groups -OCH3 is 1. The number of ether oxygens (including phenoxy) is 3. The lowest BCUT2D eigenvalue weighted by molar-refractivity contribution is -0.134. The van der Waals surface area contributed by atoms with Crippen LogP contribution in [0.4, 0.5) is 10.1 Å². The molecule has 1 N–H and O–H groups in total. The number of sulfone groups is 1. The Morgan fingerprint density at radius 2 is 1.82 bits per heavy atom. The first-order valence-electron chi connectivity index (χ1n) is 13.0. The van der Waals surface area contributed by atoms with Crippen molar-refractivity contribution in [1.82, 2.24) is 0 Å². The summed E-state index contributed by atoms with van der Waals surface area (Å²) < 4.78 is 53.9. The molecule has 9 heteroatoms. The molecule has 4 rings (SSSR count).